The molecule has 0 saturated carbocycles. The minimum atomic E-state index is 0.0791. The third-order valence-electron chi connectivity index (χ3n) is 4.84. The molecule has 25 heavy (non-hydrogen) atoms. The first-order valence-corrected chi connectivity index (χ1v) is 9.07. The number of nitrogens with zero attached hydrogens (tertiary/aromatic N) is 6. The molecule has 136 valence electrons. The Labute approximate surface area is 149 Å². The van der Waals surface area contributed by atoms with Gasteiger partial charge in [0, 0.05) is 57.2 Å². The van der Waals surface area contributed by atoms with Gasteiger partial charge in [-0.3, -0.25) is 9.48 Å². The van der Waals surface area contributed by atoms with E-state index in [1.54, 1.807) is 10.9 Å². The van der Waals surface area contributed by atoms with Crippen LogP contribution in [-0.4, -0.2) is 68.8 Å². The van der Waals surface area contributed by atoms with Crippen LogP contribution in [0.5, 0.6) is 0 Å². The maximum atomic E-state index is 12.9. The lowest BCUT2D eigenvalue weighted by atomic mass is 9.96. The molecule has 1 fully saturated rings. The van der Waals surface area contributed by atoms with Crippen LogP contribution in [0, 0.1) is 0 Å². The highest BCUT2D eigenvalue weighted by Gasteiger charge is 2.29. The molecule has 1 amide bonds. The van der Waals surface area contributed by atoms with Crippen LogP contribution in [0.2, 0.25) is 0 Å². The van der Waals surface area contributed by atoms with Crippen molar-refractivity contribution < 1.29 is 4.79 Å². The van der Waals surface area contributed by atoms with Crippen molar-refractivity contribution >= 4 is 5.91 Å². The molecule has 0 radical (unpaired) electrons. The van der Waals surface area contributed by atoms with E-state index < -0.39 is 0 Å². The van der Waals surface area contributed by atoms with Gasteiger partial charge in [0.1, 0.15) is 11.5 Å². The highest BCUT2D eigenvalue weighted by Crippen LogP contribution is 2.26. The maximum Gasteiger partial charge on any atom is 0.272 e. The summed E-state index contributed by atoms with van der Waals surface area (Å²) in [6.45, 7) is 6.16. The van der Waals surface area contributed by atoms with Crippen LogP contribution in [0.4, 0.5) is 0 Å². The zero-order valence-electron chi connectivity index (χ0n) is 15.4. The molecular formula is C18H28N6O. The molecule has 0 bridgehead atoms. The van der Waals surface area contributed by atoms with Crippen LogP contribution in [0.15, 0.2) is 24.7 Å². The van der Waals surface area contributed by atoms with Gasteiger partial charge in [0.2, 0.25) is 0 Å². The zero-order chi connectivity index (χ0) is 17.8. The van der Waals surface area contributed by atoms with Crippen molar-refractivity contribution in [3.05, 3.63) is 36.2 Å². The second kappa shape index (κ2) is 7.82. The van der Waals surface area contributed by atoms with Gasteiger partial charge in [0.15, 0.2) is 0 Å². The van der Waals surface area contributed by atoms with Crippen molar-refractivity contribution in [2.24, 2.45) is 0 Å². The van der Waals surface area contributed by atoms with Crippen molar-refractivity contribution in [3.63, 3.8) is 0 Å². The minimum absolute atomic E-state index is 0.0791. The fourth-order valence-corrected chi connectivity index (χ4v) is 3.48. The fourth-order valence-electron chi connectivity index (χ4n) is 3.48. The Morgan fingerprint density at radius 2 is 2.20 bits per heavy atom. The van der Waals surface area contributed by atoms with E-state index in [1.165, 1.54) is 0 Å². The van der Waals surface area contributed by atoms with E-state index in [2.05, 4.69) is 33.6 Å². The van der Waals surface area contributed by atoms with Crippen LogP contribution in [0.3, 0.4) is 0 Å². The van der Waals surface area contributed by atoms with Crippen LogP contribution in [0.1, 0.15) is 42.0 Å². The summed E-state index contributed by atoms with van der Waals surface area (Å²) < 4.78 is 4.00. The lowest BCUT2D eigenvalue weighted by molar-refractivity contribution is 0.0690. The average Bonchev–Trinajstić information content (AvgIpc) is 3.28. The number of carbonyl (C=O) groups excluding carboxylic acids is 1. The van der Waals surface area contributed by atoms with E-state index in [9.17, 15) is 4.79 Å². The van der Waals surface area contributed by atoms with Crippen LogP contribution >= 0.6 is 0 Å². The van der Waals surface area contributed by atoms with E-state index in [1.807, 2.05) is 30.3 Å². The predicted molar refractivity (Wildman–Crippen MR) is 96.6 cm³/mol. The number of carbonyl (C=O) groups is 1. The number of hydrogen-bond donors (Lipinski definition) is 0. The molecule has 1 saturated heterocycles. The third kappa shape index (κ3) is 3.92. The highest BCUT2D eigenvalue weighted by atomic mass is 16.2. The predicted octanol–water partition coefficient (Wildman–Crippen LogP) is 1.68. The number of likely N-dealkylation sites (N-methyl/N-ethyl adjacent to an activating group) is 1. The fraction of sp³-hybridized carbons (Fsp3) is 0.611. The van der Waals surface area contributed by atoms with Crippen molar-refractivity contribution in [2.75, 3.05) is 33.7 Å². The van der Waals surface area contributed by atoms with E-state index in [0.29, 0.717) is 18.2 Å². The van der Waals surface area contributed by atoms with E-state index >= 15 is 0 Å². The number of hydrogen-bond acceptors (Lipinski definition) is 4. The molecule has 0 unspecified atom stereocenters. The average molecular weight is 344 g/mol. The second-order valence-electron chi connectivity index (χ2n) is 6.90. The molecule has 7 heteroatoms. The Morgan fingerprint density at radius 1 is 1.36 bits per heavy atom. The van der Waals surface area contributed by atoms with Gasteiger partial charge in [0.25, 0.3) is 5.91 Å². The van der Waals surface area contributed by atoms with Crippen LogP contribution in [0.25, 0.3) is 0 Å². The van der Waals surface area contributed by atoms with Crippen molar-refractivity contribution in [1.82, 2.24) is 29.1 Å². The summed E-state index contributed by atoms with van der Waals surface area (Å²) in [5.41, 5.74) is 0.680. The molecule has 1 aliphatic rings. The maximum absolute atomic E-state index is 12.9. The largest absolute Gasteiger partial charge is 0.337 e. The molecule has 3 heterocycles. The monoisotopic (exact) mass is 344 g/mol. The quantitative estimate of drug-likeness (QED) is 0.800. The number of likely N-dealkylation sites (tertiary alicyclic amines) is 1. The zero-order valence-corrected chi connectivity index (χ0v) is 15.4. The van der Waals surface area contributed by atoms with Gasteiger partial charge in [-0.25, -0.2) is 4.98 Å². The van der Waals surface area contributed by atoms with Gasteiger partial charge in [-0.2, -0.15) is 5.10 Å². The summed E-state index contributed by atoms with van der Waals surface area (Å²) in [5, 5.41) is 4.22. The summed E-state index contributed by atoms with van der Waals surface area (Å²) in [6.07, 6.45) is 7.71. The van der Waals surface area contributed by atoms with Gasteiger partial charge >= 0.3 is 0 Å². The summed E-state index contributed by atoms with van der Waals surface area (Å²) in [5.74, 6) is 1.48. The number of piperidine rings is 1. The molecule has 0 N–H and O–H groups in total. The van der Waals surface area contributed by atoms with E-state index in [4.69, 9.17) is 0 Å². The molecule has 0 aromatic carbocycles. The van der Waals surface area contributed by atoms with Crippen molar-refractivity contribution in [1.29, 1.82) is 0 Å². The Bertz CT molecular complexity index is 704. The Balaban J connectivity index is 1.71. The van der Waals surface area contributed by atoms with Crippen molar-refractivity contribution in [3.8, 4) is 0 Å². The number of imidazole rings is 1. The van der Waals surface area contributed by atoms with E-state index in [0.717, 1.165) is 44.8 Å². The summed E-state index contributed by atoms with van der Waals surface area (Å²) >= 11 is 0. The van der Waals surface area contributed by atoms with Gasteiger partial charge in [-0.1, -0.05) is 0 Å². The Kier molecular flexibility index (Phi) is 5.53. The molecule has 1 aliphatic heterocycles. The smallest absolute Gasteiger partial charge is 0.272 e. The second-order valence-corrected chi connectivity index (χ2v) is 6.90. The van der Waals surface area contributed by atoms with Gasteiger partial charge < -0.3 is 14.4 Å². The number of aromatic nitrogens is 4. The first-order chi connectivity index (χ1) is 12.1. The standard InChI is InChI=1S/C18H28N6O/c1-4-24-16(7-8-20-24)18(25)23-10-5-6-15(14-23)17-19-9-11-22(17)13-12-21(2)3/h7-9,11,15H,4-6,10,12-14H2,1-3H3/t15-/m1/s1. The lowest BCUT2D eigenvalue weighted by Crippen LogP contribution is -2.40. The van der Waals surface area contributed by atoms with Gasteiger partial charge in [0.05, 0.1) is 0 Å². The molecule has 7 nitrogen and oxygen atoms in total. The molecule has 0 spiro atoms. The Hall–Kier alpha value is -2.15. The van der Waals surface area contributed by atoms with Gasteiger partial charge in [-0.15, -0.1) is 0 Å². The summed E-state index contributed by atoms with van der Waals surface area (Å²) in [6, 6.07) is 1.81. The lowest BCUT2D eigenvalue weighted by Gasteiger charge is -2.32. The third-order valence-corrected chi connectivity index (χ3v) is 4.84. The SMILES string of the molecule is CCn1nccc1C(=O)N1CCC[C@@H](c2nccn2CCN(C)C)C1. The first kappa shape index (κ1) is 17.7. The van der Waals surface area contributed by atoms with Crippen molar-refractivity contribution in [2.45, 2.75) is 38.8 Å². The molecule has 3 rings (SSSR count). The topological polar surface area (TPSA) is 59.2 Å². The molecular weight excluding hydrogens is 316 g/mol. The number of amides is 1. The summed E-state index contributed by atoms with van der Waals surface area (Å²) in [7, 11) is 4.16. The number of rotatable bonds is 6. The van der Waals surface area contributed by atoms with E-state index in [-0.39, 0.29) is 5.91 Å². The molecule has 0 aliphatic carbocycles. The minimum Gasteiger partial charge on any atom is -0.337 e. The molecule has 2 aromatic heterocycles. The first-order valence-electron chi connectivity index (χ1n) is 9.07. The highest BCUT2D eigenvalue weighted by molar-refractivity contribution is 5.92. The molecule has 2 aromatic rings. The molecule has 1 atom stereocenters. The van der Waals surface area contributed by atoms with Crippen LogP contribution in [-0.2, 0) is 13.1 Å². The van der Waals surface area contributed by atoms with Gasteiger partial charge in [-0.05, 0) is 39.9 Å². The normalized spacial score (nSPS) is 18.1. The summed E-state index contributed by atoms with van der Waals surface area (Å²) in [4.78, 5) is 21.6. The Morgan fingerprint density at radius 3 is 2.96 bits per heavy atom. The number of aryl methyl sites for hydroxylation is 1. The van der Waals surface area contributed by atoms with Crippen LogP contribution < -0.4 is 0 Å².